The number of anilines is 1. The van der Waals surface area contributed by atoms with Crippen molar-refractivity contribution in [1.82, 2.24) is 9.88 Å². The molecule has 0 saturated heterocycles. The van der Waals surface area contributed by atoms with Crippen molar-refractivity contribution in [2.45, 2.75) is 45.1 Å². The Hall–Kier alpha value is -1.58. The molecular weight excluding hydrogens is 250 g/mol. The molecule has 0 aromatic carbocycles. The maximum Gasteiger partial charge on any atom is 0.272 e. The number of pyridine rings is 1. The highest BCUT2D eigenvalue weighted by atomic mass is 16.2. The summed E-state index contributed by atoms with van der Waals surface area (Å²) in [4.78, 5) is 17.6. The highest BCUT2D eigenvalue weighted by molar-refractivity contribution is 5.92. The lowest BCUT2D eigenvalue weighted by Crippen LogP contribution is -2.26. The van der Waals surface area contributed by atoms with E-state index in [0.717, 1.165) is 11.6 Å². The zero-order chi connectivity index (χ0) is 14.5. The molecule has 0 spiro atoms. The van der Waals surface area contributed by atoms with E-state index < -0.39 is 0 Å². The van der Waals surface area contributed by atoms with Crippen molar-refractivity contribution < 1.29 is 4.79 Å². The fourth-order valence-electron chi connectivity index (χ4n) is 2.82. The molecule has 0 unspecified atom stereocenters. The van der Waals surface area contributed by atoms with E-state index >= 15 is 0 Å². The van der Waals surface area contributed by atoms with Crippen molar-refractivity contribution in [2.24, 2.45) is 5.92 Å². The molecule has 1 aliphatic carbocycles. The van der Waals surface area contributed by atoms with E-state index in [0.29, 0.717) is 11.7 Å². The molecule has 1 saturated carbocycles. The summed E-state index contributed by atoms with van der Waals surface area (Å²) in [5.41, 5.74) is 1.51. The van der Waals surface area contributed by atoms with Crippen LogP contribution in [0.1, 0.15) is 49.5 Å². The Kier molecular flexibility index (Phi) is 4.99. The Morgan fingerprint density at radius 2 is 2.05 bits per heavy atom. The normalized spacial score (nSPS) is 22.4. The van der Waals surface area contributed by atoms with Crippen LogP contribution in [-0.2, 0) is 0 Å². The van der Waals surface area contributed by atoms with Crippen molar-refractivity contribution in [2.75, 3.05) is 19.4 Å². The maximum atomic E-state index is 11.9. The molecule has 20 heavy (non-hydrogen) atoms. The van der Waals surface area contributed by atoms with Gasteiger partial charge in [-0.15, -0.1) is 0 Å². The van der Waals surface area contributed by atoms with Crippen LogP contribution >= 0.6 is 0 Å². The SMILES string of the molecule is CCC1CCC(Nc2ccnc(C(=O)N(C)C)c2)CC1. The maximum absolute atomic E-state index is 11.9. The number of hydrogen-bond donors (Lipinski definition) is 1. The third-order valence-corrected chi connectivity index (χ3v) is 4.18. The summed E-state index contributed by atoms with van der Waals surface area (Å²) in [6.45, 7) is 2.28. The molecule has 1 amide bonds. The van der Waals surface area contributed by atoms with Gasteiger partial charge in [-0.25, -0.2) is 0 Å². The summed E-state index contributed by atoms with van der Waals surface area (Å²) in [5.74, 6) is 0.847. The van der Waals surface area contributed by atoms with E-state index in [2.05, 4.69) is 17.2 Å². The Balaban J connectivity index is 1.97. The zero-order valence-electron chi connectivity index (χ0n) is 12.7. The molecule has 1 aromatic rings. The van der Waals surface area contributed by atoms with Gasteiger partial charge in [0.1, 0.15) is 5.69 Å². The number of hydrogen-bond acceptors (Lipinski definition) is 3. The van der Waals surface area contributed by atoms with Crippen LogP contribution in [0.3, 0.4) is 0 Å². The van der Waals surface area contributed by atoms with Gasteiger partial charge < -0.3 is 10.2 Å². The second-order valence-electron chi connectivity index (χ2n) is 5.90. The minimum atomic E-state index is -0.0525. The van der Waals surface area contributed by atoms with Crippen LogP contribution in [0.4, 0.5) is 5.69 Å². The van der Waals surface area contributed by atoms with E-state index in [4.69, 9.17) is 0 Å². The first-order valence-corrected chi connectivity index (χ1v) is 7.54. The largest absolute Gasteiger partial charge is 0.382 e. The highest BCUT2D eigenvalue weighted by Crippen LogP contribution is 2.28. The second kappa shape index (κ2) is 6.73. The Bertz CT molecular complexity index is 451. The molecule has 1 heterocycles. The van der Waals surface area contributed by atoms with Gasteiger partial charge in [-0.3, -0.25) is 9.78 Å². The van der Waals surface area contributed by atoms with Crippen LogP contribution in [0, 0.1) is 5.92 Å². The van der Waals surface area contributed by atoms with E-state index in [1.54, 1.807) is 25.2 Å². The predicted octanol–water partition coefficient (Wildman–Crippen LogP) is 3.16. The number of carbonyl (C=O) groups is 1. The van der Waals surface area contributed by atoms with Gasteiger partial charge in [0.25, 0.3) is 5.91 Å². The predicted molar refractivity (Wildman–Crippen MR) is 81.9 cm³/mol. The molecule has 0 atom stereocenters. The van der Waals surface area contributed by atoms with Crippen molar-refractivity contribution in [3.63, 3.8) is 0 Å². The van der Waals surface area contributed by atoms with Crippen molar-refractivity contribution in [1.29, 1.82) is 0 Å². The lowest BCUT2D eigenvalue weighted by Gasteiger charge is -2.29. The molecule has 0 radical (unpaired) electrons. The van der Waals surface area contributed by atoms with Gasteiger partial charge in [-0.05, 0) is 43.7 Å². The van der Waals surface area contributed by atoms with Gasteiger partial charge in [-0.2, -0.15) is 0 Å². The molecule has 4 heteroatoms. The quantitative estimate of drug-likeness (QED) is 0.918. The summed E-state index contributed by atoms with van der Waals surface area (Å²) >= 11 is 0. The molecule has 4 nitrogen and oxygen atoms in total. The molecule has 110 valence electrons. The standard InChI is InChI=1S/C16H25N3O/c1-4-12-5-7-13(8-6-12)18-14-9-10-17-15(11-14)16(20)19(2)3/h9-13H,4-8H2,1-3H3,(H,17,18). The van der Waals surface area contributed by atoms with Gasteiger partial charge in [0.2, 0.25) is 0 Å². The first-order chi connectivity index (χ1) is 9.60. The number of aromatic nitrogens is 1. The third-order valence-electron chi connectivity index (χ3n) is 4.18. The second-order valence-corrected chi connectivity index (χ2v) is 5.90. The average Bonchev–Trinajstić information content (AvgIpc) is 2.47. The van der Waals surface area contributed by atoms with Crippen LogP contribution in [0.15, 0.2) is 18.3 Å². The molecule has 1 aliphatic rings. The van der Waals surface area contributed by atoms with Crippen molar-refractivity contribution in [3.8, 4) is 0 Å². The summed E-state index contributed by atoms with van der Waals surface area (Å²) in [6.07, 6.45) is 8.06. The van der Waals surface area contributed by atoms with Gasteiger partial charge >= 0.3 is 0 Å². The number of nitrogens with one attached hydrogen (secondary N) is 1. The summed E-state index contributed by atoms with van der Waals surface area (Å²) in [7, 11) is 3.49. The molecule has 2 rings (SSSR count). The van der Waals surface area contributed by atoms with E-state index in [-0.39, 0.29) is 5.91 Å². The average molecular weight is 275 g/mol. The van der Waals surface area contributed by atoms with E-state index in [1.165, 1.54) is 32.1 Å². The fourth-order valence-corrected chi connectivity index (χ4v) is 2.82. The minimum Gasteiger partial charge on any atom is -0.382 e. The molecule has 0 bridgehead atoms. The molecule has 1 aromatic heterocycles. The number of amides is 1. The molecular formula is C16H25N3O. The van der Waals surface area contributed by atoms with Crippen molar-refractivity contribution in [3.05, 3.63) is 24.0 Å². The number of nitrogens with zero attached hydrogens (tertiary/aromatic N) is 2. The fraction of sp³-hybridized carbons (Fsp3) is 0.625. The number of carbonyl (C=O) groups excluding carboxylic acids is 1. The molecule has 1 N–H and O–H groups in total. The first kappa shape index (κ1) is 14.8. The third kappa shape index (κ3) is 3.71. The van der Waals surface area contributed by atoms with Gasteiger partial charge in [-0.1, -0.05) is 13.3 Å². The molecule has 1 fully saturated rings. The van der Waals surface area contributed by atoms with E-state index in [1.807, 2.05) is 12.1 Å². The topological polar surface area (TPSA) is 45.2 Å². The van der Waals surface area contributed by atoms with Crippen molar-refractivity contribution >= 4 is 11.6 Å². The van der Waals surface area contributed by atoms with Gasteiger partial charge in [0.05, 0.1) is 0 Å². The van der Waals surface area contributed by atoms with Gasteiger partial charge in [0, 0.05) is 32.0 Å². The van der Waals surface area contributed by atoms with Crippen LogP contribution in [0.2, 0.25) is 0 Å². The Morgan fingerprint density at radius 3 is 2.65 bits per heavy atom. The Labute approximate surface area is 121 Å². The minimum absolute atomic E-state index is 0.0525. The monoisotopic (exact) mass is 275 g/mol. The van der Waals surface area contributed by atoms with Crippen LogP contribution in [-0.4, -0.2) is 35.9 Å². The summed E-state index contributed by atoms with van der Waals surface area (Å²) < 4.78 is 0. The van der Waals surface area contributed by atoms with E-state index in [9.17, 15) is 4.79 Å². The summed E-state index contributed by atoms with van der Waals surface area (Å²) in [6, 6.07) is 4.33. The van der Waals surface area contributed by atoms with Gasteiger partial charge in [0.15, 0.2) is 0 Å². The number of rotatable bonds is 4. The Morgan fingerprint density at radius 1 is 1.35 bits per heavy atom. The lowest BCUT2D eigenvalue weighted by atomic mass is 9.84. The first-order valence-electron chi connectivity index (χ1n) is 7.54. The lowest BCUT2D eigenvalue weighted by molar-refractivity contribution is 0.0822. The smallest absolute Gasteiger partial charge is 0.272 e. The van der Waals surface area contributed by atoms with Crippen LogP contribution in [0.25, 0.3) is 0 Å². The highest BCUT2D eigenvalue weighted by Gasteiger charge is 2.20. The van der Waals surface area contributed by atoms with Crippen LogP contribution in [0.5, 0.6) is 0 Å². The molecule has 0 aliphatic heterocycles. The van der Waals surface area contributed by atoms with Crippen LogP contribution < -0.4 is 5.32 Å². The summed E-state index contributed by atoms with van der Waals surface area (Å²) in [5, 5.41) is 3.55. The zero-order valence-corrected chi connectivity index (χ0v) is 12.7.